The number of esters is 1. The maximum atomic E-state index is 11.9. The van der Waals surface area contributed by atoms with Crippen LogP contribution in [-0.4, -0.2) is 67.4 Å². The molecule has 2 aliphatic rings. The zero-order chi connectivity index (χ0) is 17.1. The normalized spacial score (nSPS) is 28.6. The minimum Gasteiger partial charge on any atom is -0.479 e. The molecule has 2 N–H and O–H groups in total. The average molecular weight is 461 g/mol. The lowest BCUT2D eigenvalue weighted by Gasteiger charge is -2.39. The van der Waals surface area contributed by atoms with E-state index in [0.29, 0.717) is 11.9 Å². The van der Waals surface area contributed by atoms with Crippen molar-refractivity contribution in [3.8, 4) is 0 Å². The number of carboxylic acids is 1. The second-order valence-electron chi connectivity index (χ2n) is 5.65. The number of halogens is 2. The van der Waals surface area contributed by atoms with Gasteiger partial charge in [0.1, 0.15) is 6.04 Å². The fourth-order valence-electron chi connectivity index (χ4n) is 2.03. The van der Waals surface area contributed by atoms with Crippen LogP contribution in [0, 0.1) is 0 Å². The summed E-state index contributed by atoms with van der Waals surface area (Å²) in [6.45, 7) is 3.56. The van der Waals surface area contributed by atoms with E-state index < -0.39 is 17.2 Å². The number of rotatable bonds is 3. The van der Waals surface area contributed by atoms with Gasteiger partial charge in [-0.15, -0.1) is 0 Å². The highest BCUT2D eigenvalue weighted by molar-refractivity contribution is 9.09. The molecule has 0 bridgehead atoms. The fraction of sp³-hybridized carbons (Fsp3) is 0.786. The Hall–Kier alpha value is -0.670. The number of hydrogen-bond acceptors (Lipinski definition) is 5. The van der Waals surface area contributed by atoms with E-state index in [-0.39, 0.29) is 30.7 Å². The average Bonchev–Trinajstić information content (AvgIpc) is 2.95. The maximum absolute atomic E-state index is 11.9. The second-order valence-corrected chi connectivity index (χ2v) is 6.78. The molecular weight excluding hydrogens is 438 g/mol. The highest BCUT2D eigenvalue weighted by Crippen LogP contribution is 2.31. The third-order valence-corrected chi connectivity index (χ3v) is 5.70. The van der Waals surface area contributed by atoms with Crippen molar-refractivity contribution in [1.29, 1.82) is 0 Å². The number of nitrogens with zero attached hydrogens (tertiary/aromatic N) is 1. The van der Waals surface area contributed by atoms with Gasteiger partial charge in [-0.25, -0.2) is 9.59 Å². The Morgan fingerprint density at radius 2 is 2.04 bits per heavy atom. The molecule has 0 radical (unpaired) electrons. The van der Waals surface area contributed by atoms with Crippen molar-refractivity contribution in [2.45, 2.75) is 51.4 Å². The Morgan fingerprint density at radius 1 is 1.48 bits per heavy atom. The lowest BCUT2D eigenvalue weighted by molar-refractivity contribution is -0.185. The first-order chi connectivity index (χ1) is 10.1. The van der Waals surface area contributed by atoms with Crippen molar-refractivity contribution in [2.75, 3.05) is 17.2 Å². The molecule has 3 atom stereocenters. The van der Waals surface area contributed by atoms with E-state index in [1.807, 2.05) is 0 Å². The SMILES string of the molecule is C.CC1(CBr)OC(=O)[C@H]2CCCN2C1=O.C[C@](O)(CBr)C(=O)O. The monoisotopic (exact) mass is 459 g/mol. The van der Waals surface area contributed by atoms with Gasteiger partial charge in [-0.2, -0.15) is 0 Å². The number of carbonyl (C=O) groups is 3. The van der Waals surface area contributed by atoms with Crippen LogP contribution in [0.25, 0.3) is 0 Å². The van der Waals surface area contributed by atoms with Crippen LogP contribution >= 0.6 is 31.9 Å². The van der Waals surface area contributed by atoms with Gasteiger partial charge in [0.25, 0.3) is 5.91 Å². The van der Waals surface area contributed by atoms with E-state index in [4.69, 9.17) is 14.9 Å². The van der Waals surface area contributed by atoms with Crippen LogP contribution in [0.15, 0.2) is 0 Å². The summed E-state index contributed by atoms with van der Waals surface area (Å²) in [7, 11) is 0. The summed E-state index contributed by atoms with van der Waals surface area (Å²) in [5.74, 6) is -1.55. The number of aliphatic hydroxyl groups is 1. The molecule has 134 valence electrons. The molecule has 1 unspecified atom stereocenters. The molecular formula is C14H23Br2NO6. The van der Waals surface area contributed by atoms with Gasteiger partial charge >= 0.3 is 11.9 Å². The summed E-state index contributed by atoms with van der Waals surface area (Å²) in [4.78, 5) is 35.1. The van der Waals surface area contributed by atoms with Gasteiger partial charge in [-0.1, -0.05) is 39.3 Å². The van der Waals surface area contributed by atoms with Crippen LogP contribution in [0.1, 0.15) is 34.1 Å². The summed E-state index contributed by atoms with van der Waals surface area (Å²) >= 11 is 6.05. The molecule has 0 saturated carbocycles. The van der Waals surface area contributed by atoms with E-state index in [0.717, 1.165) is 12.8 Å². The summed E-state index contributed by atoms with van der Waals surface area (Å²) in [5.41, 5.74) is -2.63. The number of hydrogen-bond donors (Lipinski definition) is 2. The molecule has 0 spiro atoms. The zero-order valence-corrected chi connectivity index (χ0v) is 15.5. The molecule has 0 aromatic rings. The largest absolute Gasteiger partial charge is 0.479 e. The van der Waals surface area contributed by atoms with Gasteiger partial charge in [0, 0.05) is 11.9 Å². The van der Waals surface area contributed by atoms with E-state index in [1.54, 1.807) is 11.8 Å². The quantitative estimate of drug-likeness (QED) is 0.489. The van der Waals surface area contributed by atoms with Crippen LogP contribution in [0.5, 0.6) is 0 Å². The number of alkyl halides is 2. The molecule has 2 fully saturated rings. The lowest BCUT2D eigenvalue weighted by atomic mass is 10.0. The number of fused-ring (bicyclic) bond motifs is 1. The van der Waals surface area contributed by atoms with Crippen molar-refractivity contribution in [1.82, 2.24) is 4.90 Å². The number of cyclic esters (lactones) is 1. The Kier molecular flexibility index (Phi) is 8.19. The molecule has 0 aliphatic carbocycles. The van der Waals surface area contributed by atoms with Crippen LogP contribution in [0.4, 0.5) is 0 Å². The Labute approximate surface area is 152 Å². The van der Waals surface area contributed by atoms with Crippen LogP contribution < -0.4 is 0 Å². The lowest BCUT2D eigenvalue weighted by Crippen LogP contribution is -2.60. The summed E-state index contributed by atoms with van der Waals surface area (Å²) in [5, 5.41) is 17.3. The molecule has 7 nitrogen and oxygen atoms in total. The molecule has 2 rings (SSSR count). The molecule has 0 aromatic heterocycles. The number of amides is 1. The van der Waals surface area contributed by atoms with Crippen LogP contribution in [-0.2, 0) is 19.1 Å². The minimum absolute atomic E-state index is 0. The topological polar surface area (TPSA) is 104 Å². The van der Waals surface area contributed by atoms with E-state index >= 15 is 0 Å². The van der Waals surface area contributed by atoms with Gasteiger partial charge in [-0.3, -0.25) is 4.79 Å². The zero-order valence-electron chi connectivity index (χ0n) is 12.3. The second kappa shape index (κ2) is 8.43. The predicted molar refractivity (Wildman–Crippen MR) is 91.8 cm³/mol. The number of carbonyl (C=O) groups excluding carboxylic acids is 2. The molecule has 23 heavy (non-hydrogen) atoms. The Bertz CT molecular complexity index is 470. The third-order valence-electron chi connectivity index (χ3n) is 3.54. The fourth-order valence-corrected chi connectivity index (χ4v) is 2.63. The van der Waals surface area contributed by atoms with Crippen molar-refractivity contribution >= 4 is 49.7 Å². The van der Waals surface area contributed by atoms with Gasteiger partial charge in [0.15, 0.2) is 11.2 Å². The van der Waals surface area contributed by atoms with Crippen LogP contribution in [0.2, 0.25) is 0 Å². The van der Waals surface area contributed by atoms with Crippen molar-refractivity contribution < 1.29 is 29.3 Å². The molecule has 0 aromatic carbocycles. The molecule has 2 heterocycles. The minimum atomic E-state index is -1.62. The maximum Gasteiger partial charge on any atom is 0.336 e. The molecule has 9 heteroatoms. The molecule has 2 saturated heterocycles. The number of carboxylic acid groups (broad SMARTS) is 1. The smallest absolute Gasteiger partial charge is 0.336 e. The van der Waals surface area contributed by atoms with Gasteiger partial charge in [-0.05, 0) is 26.7 Å². The van der Waals surface area contributed by atoms with Gasteiger partial charge < -0.3 is 19.8 Å². The molecule has 2 aliphatic heterocycles. The van der Waals surface area contributed by atoms with Crippen molar-refractivity contribution in [2.24, 2.45) is 0 Å². The third kappa shape index (κ3) is 4.90. The van der Waals surface area contributed by atoms with Gasteiger partial charge in [0.05, 0.1) is 5.33 Å². The summed E-state index contributed by atoms with van der Waals surface area (Å²) < 4.78 is 5.17. The van der Waals surface area contributed by atoms with Crippen molar-refractivity contribution in [3.05, 3.63) is 0 Å². The number of morpholine rings is 1. The number of aliphatic carboxylic acids is 1. The number of ether oxygens (including phenoxy) is 1. The first-order valence-corrected chi connectivity index (χ1v) is 8.95. The highest BCUT2D eigenvalue weighted by atomic mass is 79.9. The van der Waals surface area contributed by atoms with E-state index in [9.17, 15) is 14.4 Å². The Balaban J connectivity index is 0.000000469. The van der Waals surface area contributed by atoms with Crippen molar-refractivity contribution in [3.63, 3.8) is 0 Å². The first-order valence-electron chi connectivity index (χ1n) is 6.70. The Morgan fingerprint density at radius 3 is 2.43 bits per heavy atom. The first kappa shape index (κ1) is 22.3. The molecule has 1 amide bonds. The summed E-state index contributed by atoms with van der Waals surface area (Å²) in [6.07, 6.45) is 1.63. The predicted octanol–water partition coefficient (Wildman–Crippen LogP) is 1.54. The highest BCUT2D eigenvalue weighted by Gasteiger charge is 2.51. The van der Waals surface area contributed by atoms with Crippen LogP contribution in [0.3, 0.4) is 0 Å². The standard InChI is InChI=1S/C9H12BrNO3.C4H7BrO3.CH4/c1-9(5-10)8(13)11-4-2-3-6(11)7(12)14-9;1-4(8,2-5)3(6)7;/h6H,2-5H2,1H3;8H,2H2,1H3,(H,6,7);1H4/t6-,9?;4-;/m10./s1. The van der Waals surface area contributed by atoms with E-state index in [1.165, 1.54) is 6.92 Å². The summed E-state index contributed by atoms with van der Waals surface area (Å²) in [6, 6.07) is -0.324. The van der Waals surface area contributed by atoms with Gasteiger partial charge in [0.2, 0.25) is 0 Å². The van der Waals surface area contributed by atoms with E-state index in [2.05, 4.69) is 31.9 Å².